The summed E-state index contributed by atoms with van der Waals surface area (Å²) in [5.74, 6) is 0. The van der Waals surface area contributed by atoms with Crippen LogP contribution in [0.2, 0.25) is 10.0 Å². The lowest BCUT2D eigenvalue weighted by Crippen LogP contribution is -2.22. The molecule has 0 heterocycles. The highest BCUT2D eigenvalue weighted by molar-refractivity contribution is 7.99. The highest BCUT2D eigenvalue weighted by Gasteiger charge is 2.20. The number of thioether (sulfide) groups is 1. The van der Waals surface area contributed by atoms with E-state index in [1.165, 1.54) is 0 Å². The zero-order valence-electron chi connectivity index (χ0n) is 10.5. The minimum absolute atomic E-state index is 0.0267. The van der Waals surface area contributed by atoms with Gasteiger partial charge in [-0.3, -0.25) is 0 Å². The Labute approximate surface area is 128 Å². The molecule has 0 bridgehead atoms. The quantitative estimate of drug-likeness (QED) is 0.788. The first-order valence-electron chi connectivity index (χ1n) is 6.01. The van der Waals surface area contributed by atoms with Crippen molar-refractivity contribution in [3.05, 3.63) is 64.1 Å². The van der Waals surface area contributed by atoms with Crippen molar-refractivity contribution in [2.75, 3.05) is 0 Å². The molecule has 2 rings (SSSR count). The van der Waals surface area contributed by atoms with Crippen LogP contribution in [0.5, 0.6) is 0 Å². The molecule has 0 amide bonds. The Bertz CT molecular complexity index is 557. The average Bonchev–Trinajstić information content (AvgIpc) is 2.38. The molecule has 4 heteroatoms. The van der Waals surface area contributed by atoms with Crippen LogP contribution < -0.4 is 5.73 Å². The Kier molecular flexibility index (Phi) is 5.17. The van der Waals surface area contributed by atoms with Crippen LogP contribution in [0.25, 0.3) is 0 Å². The first-order chi connectivity index (χ1) is 9.09. The van der Waals surface area contributed by atoms with Gasteiger partial charge in [0.25, 0.3) is 0 Å². The number of rotatable bonds is 4. The summed E-state index contributed by atoms with van der Waals surface area (Å²) in [4.78, 5) is 1.02. The molecule has 0 radical (unpaired) electrons. The maximum absolute atomic E-state index is 6.27. The van der Waals surface area contributed by atoms with Gasteiger partial charge in [0, 0.05) is 16.0 Å². The SMILES string of the molecule is CC(N)C(Sc1ccccc1Cl)c1ccccc1Cl. The van der Waals surface area contributed by atoms with Crippen molar-refractivity contribution in [2.24, 2.45) is 5.73 Å². The third-order valence-corrected chi connectivity index (χ3v) is 5.11. The molecule has 100 valence electrons. The first kappa shape index (κ1) is 14.7. The van der Waals surface area contributed by atoms with Crippen molar-refractivity contribution >= 4 is 35.0 Å². The van der Waals surface area contributed by atoms with Crippen molar-refractivity contribution in [3.63, 3.8) is 0 Å². The number of hydrogen-bond donors (Lipinski definition) is 1. The summed E-state index contributed by atoms with van der Waals surface area (Å²) in [6.07, 6.45) is 0. The van der Waals surface area contributed by atoms with Crippen LogP contribution in [0.3, 0.4) is 0 Å². The highest BCUT2D eigenvalue weighted by atomic mass is 35.5. The lowest BCUT2D eigenvalue weighted by atomic mass is 10.1. The molecular weight excluding hydrogens is 297 g/mol. The minimum atomic E-state index is -0.0267. The summed E-state index contributed by atoms with van der Waals surface area (Å²) in [6, 6.07) is 15.5. The van der Waals surface area contributed by atoms with Gasteiger partial charge in [-0.2, -0.15) is 0 Å². The van der Waals surface area contributed by atoms with Crippen LogP contribution in [0.1, 0.15) is 17.7 Å². The van der Waals surface area contributed by atoms with Crippen molar-refractivity contribution in [2.45, 2.75) is 23.1 Å². The normalized spacial score (nSPS) is 14.1. The molecule has 0 aliphatic heterocycles. The lowest BCUT2D eigenvalue weighted by Gasteiger charge is -2.22. The van der Waals surface area contributed by atoms with Gasteiger partial charge in [-0.05, 0) is 30.7 Å². The zero-order valence-corrected chi connectivity index (χ0v) is 12.8. The predicted octanol–water partition coefficient (Wildman–Crippen LogP) is 5.17. The molecule has 0 saturated heterocycles. The molecule has 1 nitrogen and oxygen atoms in total. The molecule has 0 aliphatic rings. The van der Waals surface area contributed by atoms with Crippen molar-refractivity contribution in [1.29, 1.82) is 0 Å². The van der Waals surface area contributed by atoms with Gasteiger partial charge in [-0.25, -0.2) is 0 Å². The maximum Gasteiger partial charge on any atom is 0.0542 e. The summed E-state index contributed by atoms with van der Waals surface area (Å²) in [7, 11) is 0. The van der Waals surface area contributed by atoms with E-state index >= 15 is 0 Å². The predicted molar refractivity (Wildman–Crippen MR) is 85.2 cm³/mol. The third-order valence-electron chi connectivity index (χ3n) is 2.78. The fourth-order valence-electron chi connectivity index (χ4n) is 1.84. The van der Waals surface area contributed by atoms with Gasteiger partial charge in [-0.1, -0.05) is 53.5 Å². The van der Waals surface area contributed by atoms with Crippen molar-refractivity contribution < 1.29 is 0 Å². The molecule has 2 aromatic rings. The van der Waals surface area contributed by atoms with E-state index in [1.54, 1.807) is 11.8 Å². The largest absolute Gasteiger partial charge is 0.327 e. The highest BCUT2D eigenvalue weighted by Crippen LogP contribution is 2.42. The standard InChI is InChI=1S/C15H15Cl2NS/c1-10(18)15(11-6-2-3-7-12(11)16)19-14-9-5-4-8-13(14)17/h2-10,15H,18H2,1H3. The topological polar surface area (TPSA) is 26.0 Å². The second-order valence-corrected chi connectivity index (χ2v) is 6.35. The van der Waals surface area contributed by atoms with E-state index in [1.807, 2.05) is 55.5 Å². The second-order valence-electron chi connectivity index (χ2n) is 4.35. The number of benzene rings is 2. The number of nitrogens with two attached hydrogens (primary N) is 1. The average molecular weight is 312 g/mol. The number of halogens is 2. The van der Waals surface area contributed by atoms with E-state index in [0.29, 0.717) is 0 Å². The van der Waals surface area contributed by atoms with Gasteiger partial charge in [-0.15, -0.1) is 11.8 Å². The van der Waals surface area contributed by atoms with Crippen LogP contribution in [-0.2, 0) is 0 Å². The molecule has 0 spiro atoms. The van der Waals surface area contributed by atoms with Crippen LogP contribution in [-0.4, -0.2) is 6.04 Å². The molecule has 0 saturated carbocycles. The second kappa shape index (κ2) is 6.67. The Morgan fingerprint density at radius 2 is 1.53 bits per heavy atom. The van der Waals surface area contributed by atoms with Crippen LogP contribution in [0.15, 0.2) is 53.4 Å². The molecule has 2 unspecified atom stereocenters. The Morgan fingerprint density at radius 3 is 2.11 bits per heavy atom. The smallest absolute Gasteiger partial charge is 0.0542 e. The minimum Gasteiger partial charge on any atom is -0.327 e. The molecule has 19 heavy (non-hydrogen) atoms. The van der Waals surface area contributed by atoms with E-state index in [0.717, 1.165) is 20.5 Å². The lowest BCUT2D eigenvalue weighted by molar-refractivity contribution is 0.721. The van der Waals surface area contributed by atoms with E-state index < -0.39 is 0 Å². The molecule has 2 aromatic carbocycles. The van der Waals surface area contributed by atoms with Crippen molar-refractivity contribution in [1.82, 2.24) is 0 Å². The summed E-state index contributed by atoms with van der Waals surface area (Å²) in [5, 5.41) is 1.56. The Balaban J connectivity index is 2.33. The third kappa shape index (κ3) is 3.67. The fourth-order valence-corrected chi connectivity index (χ4v) is 3.58. The molecule has 0 aromatic heterocycles. The van der Waals surface area contributed by atoms with Gasteiger partial charge < -0.3 is 5.73 Å². The van der Waals surface area contributed by atoms with E-state index in [9.17, 15) is 0 Å². The Hall–Kier alpha value is -0.670. The monoisotopic (exact) mass is 311 g/mol. The Morgan fingerprint density at radius 1 is 0.947 bits per heavy atom. The van der Waals surface area contributed by atoms with E-state index in [2.05, 4.69) is 0 Å². The summed E-state index contributed by atoms with van der Waals surface area (Å²) < 4.78 is 0. The molecule has 0 fully saturated rings. The van der Waals surface area contributed by atoms with Crippen LogP contribution >= 0.6 is 35.0 Å². The van der Waals surface area contributed by atoms with Crippen LogP contribution in [0.4, 0.5) is 0 Å². The zero-order chi connectivity index (χ0) is 13.8. The van der Waals surface area contributed by atoms with Gasteiger partial charge in [0.2, 0.25) is 0 Å². The fraction of sp³-hybridized carbons (Fsp3) is 0.200. The molecular formula is C15H15Cl2NS. The first-order valence-corrected chi connectivity index (χ1v) is 7.64. The maximum atomic E-state index is 6.27. The number of hydrogen-bond acceptors (Lipinski definition) is 2. The summed E-state index contributed by atoms with van der Waals surface area (Å²) >= 11 is 14.1. The van der Waals surface area contributed by atoms with Crippen LogP contribution in [0, 0.1) is 0 Å². The molecule has 2 N–H and O–H groups in total. The molecule has 0 aliphatic carbocycles. The van der Waals surface area contributed by atoms with E-state index in [-0.39, 0.29) is 11.3 Å². The van der Waals surface area contributed by atoms with Gasteiger partial charge in [0.1, 0.15) is 0 Å². The van der Waals surface area contributed by atoms with E-state index in [4.69, 9.17) is 28.9 Å². The van der Waals surface area contributed by atoms with Gasteiger partial charge in [0.05, 0.1) is 10.3 Å². The van der Waals surface area contributed by atoms with Gasteiger partial charge >= 0.3 is 0 Å². The van der Waals surface area contributed by atoms with Gasteiger partial charge in [0.15, 0.2) is 0 Å². The summed E-state index contributed by atoms with van der Waals surface area (Å²) in [5.41, 5.74) is 7.16. The van der Waals surface area contributed by atoms with Crippen molar-refractivity contribution in [3.8, 4) is 0 Å². The molecule has 2 atom stereocenters. The summed E-state index contributed by atoms with van der Waals surface area (Å²) in [6.45, 7) is 1.98.